The maximum absolute atomic E-state index is 12.0. The van der Waals surface area contributed by atoms with Crippen LogP contribution in [0, 0.1) is 0 Å². The number of likely N-dealkylation sites (tertiary alicyclic amines) is 1. The van der Waals surface area contributed by atoms with E-state index in [0.717, 1.165) is 5.56 Å². The molecule has 5 nitrogen and oxygen atoms in total. The van der Waals surface area contributed by atoms with Crippen LogP contribution >= 0.6 is 0 Å². The maximum atomic E-state index is 12.0. The molecule has 2 amide bonds. The minimum absolute atomic E-state index is 0.234. The topological polar surface area (TPSA) is 69.6 Å². The second-order valence-corrected chi connectivity index (χ2v) is 5.39. The summed E-state index contributed by atoms with van der Waals surface area (Å²) in [5, 5.41) is 12.1. The molecule has 0 unspecified atom stereocenters. The van der Waals surface area contributed by atoms with E-state index >= 15 is 0 Å². The number of amides is 2. The molecule has 0 spiro atoms. The van der Waals surface area contributed by atoms with Crippen molar-refractivity contribution in [1.29, 1.82) is 0 Å². The third-order valence-corrected chi connectivity index (χ3v) is 3.48. The monoisotopic (exact) mass is 276 g/mol. The van der Waals surface area contributed by atoms with Crippen LogP contribution in [0.25, 0.3) is 0 Å². The molecule has 1 aliphatic rings. The highest BCUT2D eigenvalue weighted by molar-refractivity contribution is 6.39. The Morgan fingerprint density at radius 1 is 1.35 bits per heavy atom. The predicted molar refractivity (Wildman–Crippen MR) is 76.4 cm³/mol. The van der Waals surface area contributed by atoms with Crippen LogP contribution in [-0.4, -0.2) is 41.0 Å². The van der Waals surface area contributed by atoms with Crippen molar-refractivity contribution in [3.05, 3.63) is 29.8 Å². The van der Waals surface area contributed by atoms with Gasteiger partial charge in [0.1, 0.15) is 0 Å². The van der Waals surface area contributed by atoms with Gasteiger partial charge in [0.2, 0.25) is 0 Å². The lowest BCUT2D eigenvalue weighted by Gasteiger charge is -2.17. The fraction of sp³-hybridized carbons (Fsp3) is 0.467. The van der Waals surface area contributed by atoms with Gasteiger partial charge < -0.3 is 15.3 Å². The van der Waals surface area contributed by atoms with Gasteiger partial charge in [0.05, 0.1) is 6.10 Å². The first-order chi connectivity index (χ1) is 9.49. The highest BCUT2D eigenvalue weighted by atomic mass is 16.3. The summed E-state index contributed by atoms with van der Waals surface area (Å²) < 4.78 is 0. The smallest absolute Gasteiger partial charge is 0.313 e. The second kappa shape index (κ2) is 6.05. The highest BCUT2D eigenvalue weighted by Gasteiger charge is 2.29. The number of para-hydroxylation sites is 1. The van der Waals surface area contributed by atoms with Crippen molar-refractivity contribution in [2.24, 2.45) is 0 Å². The number of hydrogen-bond donors (Lipinski definition) is 2. The van der Waals surface area contributed by atoms with Crippen LogP contribution in [0.3, 0.4) is 0 Å². The quantitative estimate of drug-likeness (QED) is 0.801. The average molecular weight is 276 g/mol. The fourth-order valence-corrected chi connectivity index (χ4v) is 2.36. The first kappa shape index (κ1) is 14.5. The number of carbonyl (C=O) groups excluding carboxylic acids is 2. The Hall–Kier alpha value is -1.88. The predicted octanol–water partition coefficient (Wildman–Crippen LogP) is 1.34. The highest BCUT2D eigenvalue weighted by Crippen LogP contribution is 2.23. The largest absolute Gasteiger partial charge is 0.391 e. The summed E-state index contributed by atoms with van der Waals surface area (Å²) in [6, 6.07) is 7.46. The van der Waals surface area contributed by atoms with Gasteiger partial charge in [-0.25, -0.2) is 0 Å². The summed E-state index contributed by atoms with van der Waals surface area (Å²) in [6.07, 6.45) is 0.0106. The fourth-order valence-electron chi connectivity index (χ4n) is 2.36. The van der Waals surface area contributed by atoms with Gasteiger partial charge in [-0.2, -0.15) is 0 Å². The van der Waals surface area contributed by atoms with Gasteiger partial charge in [-0.15, -0.1) is 0 Å². The average Bonchev–Trinajstić information content (AvgIpc) is 2.84. The van der Waals surface area contributed by atoms with E-state index in [1.807, 2.05) is 32.0 Å². The van der Waals surface area contributed by atoms with E-state index in [2.05, 4.69) is 5.32 Å². The molecular weight excluding hydrogens is 256 g/mol. The van der Waals surface area contributed by atoms with Crippen molar-refractivity contribution in [3.63, 3.8) is 0 Å². The van der Waals surface area contributed by atoms with Crippen molar-refractivity contribution in [1.82, 2.24) is 4.90 Å². The molecule has 108 valence electrons. The minimum atomic E-state index is -0.646. The summed E-state index contributed by atoms with van der Waals surface area (Å²) in [5.41, 5.74) is 1.66. The Morgan fingerprint density at radius 2 is 2.05 bits per heavy atom. The van der Waals surface area contributed by atoms with Crippen LogP contribution in [0.5, 0.6) is 0 Å². The van der Waals surface area contributed by atoms with Gasteiger partial charge in [-0.3, -0.25) is 9.59 Å². The lowest BCUT2D eigenvalue weighted by molar-refractivity contribution is -0.142. The Bertz CT molecular complexity index is 514. The molecule has 1 aromatic carbocycles. The lowest BCUT2D eigenvalue weighted by atomic mass is 10.0. The SMILES string of the molecule is CC(C)c1ccccc1NC(=O)C(=O)N1CC[C@@H](O)C1. The first-order valence-electron chi connectivity index (χ1n) is 6.86. The summed E-state index contributed by atoms with van der Waals surface area (Å²) >= 11 is 0. The normalized spacial score (nSPS) is 18.4. The van der Waals surface area contributed by atoms with Gasteiger partial charge in [0.25, 0.3) is 0 Å². The van der Waals surface area contributed by atoms with E-state index in [9.17, 15) is 14.7 Å². The van der Waals surface area contributed by atoms with E-state index in [1.54, 1.807) is 6.07 Å². The Kier molecular flexibility index (Phi) is 4.39. The molecule has 1 saturated heterocycles. The van der Waals surface area contributed by atoms with E-state index in [-0.39, 0.29) is 12.5 Å². The number of aliphatic hydroxyl groups excluding tert-OH is 1. The number of hydrogen-bond acceptors (Lipinski definition) is 3. The molecule has 1 atom stereocenters. The number of β-amino-alcohol motifs (C(OH)–C–C–N with tert-alkyl or cyclic N) is 1. The van der Waals surface area contributed by atoms with E-state index in [0.29, 0.717) is 18.7 Å². The summed E-state index contributed by atoms with van der Waals surface area (Å²) in [6.45, 7) is 4.73. The number of nitrogens with zero attached hydrogens (tertiary/aromatic N) is 1. The van der Waals surface area contributed by atoms with Crippen LogP contribution in [-0.2, 0) is 9.59 Å². The Labute approximate surface area is 118 Å². The molecule has 1 heterocycles. The summed E-state index contributed by atoms with van der Waals surface area (Å²) in [5.74, 6) is -0.970. The lowest BCUT2D eigenvalue weighted by Crippen LogP contribution is -2.38. The van der Waals surface area contributed by atoms with E-state index < -0.39 is 17.9 Å². The van der Waals surface area contributed by atoms with Crippen molar-refractivity contribution in [2.45, 2.75) is 32.3 Å². The minimum Gasteiger partial charge on any atom is -0.391 e. The summed E-state index contributed by atoms with van der Waals surface area (Å²) in [4.78, 5) is 25.4. The van der Waals surface area contributed by atoms with Crippen molar-refractivity contribution in [2.75, 3.05) is 18.4 Å². The first-order valence-corrected chi connectivity index (χ1v) is 6.86. The van der Waals surface area contributed by atoms with Gasteiger partial charge in [-0.1, -0.05) is 32.0 Å². The molecule has 0 bridgehead atoms. The number of rotatable bonds is 2. The molecule has 1 aliphatic heterocycles. The van der Waals surface area contributed by atoms with Crippen LogP contribution in [0.4, 0.5) is 5.69 Å². The number of benzene rings is 1. The molecule has 2 N–H and O–H groups in total. The third kappa shape index (κ3) is 3.17. The van der Waals surface area contributed by atoms with Crippen molar-refractivity contribution in [3.8, 4) is 0 Å². The van der Waals surface area contributed by atoms with Crippen LogP contribution < -0.4 is 5.32 Å². The number of carbonyl (C=O) groups is 2. The Balaban J connectivity index is 2.06. The number of aliphatic hydroxyl groups is 1. The molecule has 2 rings (SSSR count). The van der Waals surface area contributed by atoms with Crippen LogP contribution in [0.1, 0.15) is 31.7 Å². The molecule has 1 fully saturated rings. The van der Waals surface area contributed by atoms with Gasteiger partial charge >= 0.3 is 11.8 Å². The number of nitrogens with one attached hydrogen (secondary N) is 1. The van der Waals surface area contributed by atoms with Gasteiger partial charge in [0, 0.05) is 18.8 Å². The molecule has 5 heteroatoms. The standard InChI is InChI=1S/C15H20N2O3/c1-10(2)12-5-3-4-6-13(12)16-14(19)15(20)17-8-7-11(18)9-17/h3-6,10-11,18H,7-9H2,1-2H3,(H,16,19)/t11-/m1/s1. The second-order valence-electron chi connectivity index (χ2n) is 5.39. The molecule has 20 heavy (non-hydrogen) atoms. The summed E-state index contributed by atoms with van der Waals surface area (Å²) in [7, 11) is 0. The van der Waals surface area contributed by atoms with Gasteiger partial charge in [0.15, 0.2) is 0 Å². The Morgan fingerprint density at radius 3 is 2.65 bits per heavy atom. The van der Waals surface area contributed by atoms with Gasteiger partial charge in [-0.05, 0) is 24.0 Å². The van der Waals surface area contributed by atoms with E-state index in [1.165, 1.54) is 4.90 Å². The van der Waals surface area contributed by atoms with E-state index in [4.69, 9.17) is 0 Å². The zero-order valence-corrected chi connectivity index (χ0v) is 11.8. The van der Waals surface area contributed by atoms with Crippen LogP contribution in [0.15, 0.2) is 24.3 Å². The molecule has 0 aliphatic carbocycles. The number of anilines is 1. The maximum Gasteiger partial charge on any atom is 0.313 e. The third-order valence-electron chi connectivity index (χ3n) is 3.48. The van der Waals surface area contributed by atoms with Crippen molar-refractivity contribution >= 4 is 17.5 Å². The zero-order valence-electron chi connectivity index (χ0n) is 11.8. The molecule has 0 aromatic heterocycles. The van der Waals surface area contributed by atoms with Crippen molar-refractivity contribution < 1.29 is 14.7 Å². The molecule has 0 saturated carbocycles. The van der Waals surface area contributed by atoms with Crippen LogP contribution in [0.2, 0.25) is 0 Å². The molecule has 1 aromatic rings. The molecular formula is C15H20N2O3. The zero-order chi connectivity index (χ0) is 14.7. The molecule has 0 radical (unpaired) electrons.